The van der Waals surface area contributed by atoms with Gasteiger partial charge in [0.25, 0.3) is 5.91 Å². The van der Waals surface area contributed by atoms with Crippen LogP contribution >= 0.6 is 0 Å². The second-order valence-corrected chi connectivity index (χ2v) is 10.4. The summed E-state index contributed by atoms with van der Waals surface area (Å²) in [4.78, 5) is 35.3. The Hall–Kier alpha value is -4.92. The van der Waals surface area contributed by atoms with E-state index in [9.17, 15) is 18.0 Å². The van der Waals surface area contributed by atoms with Crippen LogP contribution in [0.2, 0.25) is 0 Å². The van der Waals surface area contributed by atoms with Gasteiger partial charge in [-0.05, 0) is 51.2 Å². The van der Waals surface area contributed by atoms with Crippen LogP contribution in [0.5, 0.6) is 5.75 Å². The number of aromatic amines is 1. The zero-order chi connectivity index (χ0) is 31.9. The summed E-state index contributed by atoms with van der Waals surface area (Å²) in [6.45, 7) is 7.52. The fourth-order valence-corrected chi connectivity index (χ4v) is 4.23. The molecule has 15 heteroatoms. The van der Waals surface area contributed by atoms with Gasteiger partial charge in [0.2, 0.25) is 0 Å². The first-order valence-electron chi connectivity index (χ1n) is 13.7. The second kappa shape index (κ2) is 14.0. The first kappa shape index (κ1) is 32.0. The van der Waals surface area contributed by atoms with Crippen molar-refractivity contribution in [3.8, 4) is 17.1 Å². The largest absolute Gasteiger partial charge is 0.490 e. The number of alkyl halides is 3. The number of anilines is 3. The number of nitrogens with one attached hydrogen (secondary N) is 3. The molecule has 0 bridgehead atoms. The van der Waals surface area contributed by atoms with Crippen LogP contribution in [-0.2, 0) is 9.59 Å². The van der Waals surface area contributed by atoms with Crippen LogP contribution < -0.4 is 20.3 Å². The topological polar surface area (TPSA) is 149 Å². The first-order chi connectivity index (χ1) is 20.9. The maximum Gasteiger partial charge on any atom is 0.490 e. The lowest BCUT2D eigenvalue weighted by Crippen LogP contribution is -2.44. The summed E-state index contributed by atoms with van der Waals surface area (Å²) in [7, 11) is 2.13. The molecule has 2 aromatic heterocycles. The van der Waals surface area contributed by atoms with Gasteiger partial charge in [-0.25, -0.2) is 14.8 Å². The average Bonchev–Trinajstić information content (AvgIpc) is 3.44. The third-order valence-corrected chi connectivity index (χ3v) is 6.41. The molecule has 0 radical (unpaired) electrons. The van der Waals surface area contributed by atoms with Crippen LogP contribution in [0.1, 0.15) is 13.8 Å². The van der Waals surface area contributed by atoms with E-state index in [2.05, 4.69) is 37.7 Å². The van der Waals surface area contributed by atoms with Crippen molar-refractivity contribution in [1.82, 2.24) is 30.4 Å². The van der Waals surface area contributed by atoms with Crippen molar-refractivity contribution in [2.45, 2.75) is 26.1 Å². The first-order valence-corrected chi connectivity index (χ1v) is 13.7. The molecular formula is C29H33F3N8O4. The van der Waals surface area contributed by atoms with Crippen LogP contribution in [0.15, 0.2) is 54.7 Å². The van der Waals surface area contributed by atoms with Crippen LogP contribution in [-0.4, -0.2) is 94.1 Å². The lowest BCUT2D eigenvalue weighted by atomic mass is 10.2. The quantitative estimate of drug-likeness (QED) is 0.229. The Morgan fingerprint density at radius 1 is 1.07 bits per heavy atom. The molecule has 4 N–H and O–H groups in total. The lowest BCUT2D eigenvalue weighted by Gasteiger charge is -2.33. The van der Waals surface area contributed by atoms with Gasteiger partial charge in [0, 0.05) is 54.9 Å². The molecule has 0 aliphatic carbocycles. The molecule has 1 fully saturated rings. The van der Waals surface area contributed by atoms with Crippen molar-refractivity contribution < 1.29 is 32.6 Å². The number of nitrogens with zero attached hydrogens (tertiary/aromatic N) is 5. The summed E-state index contributed by atoms with van der Waals surface area (Å²) in [5.74, 6) is -0.176. The molecule has 3 heterocycles. The van der Waals surface area contributed by atoms with Crippen molar-refractivity contribution in [3.63, 3.8) is 0 Å². The number of aromatic nitrogens is 4. The minimum atomic E-state index is -5.08. The van der Waals surface area contributed by atoms with Gasteiger partial charge >= 0.3 is 12.1 Å². The number of H-pyrrole nitrogens is 1. The fourth-order valence-electron chi connectivity index (χ4n) is 4.23. The lowest BCUT2D eigenvalue weighted by molar-refractivity contribution is -0.192. The van der Waals surface area contributed by atoms with Crippen LogP contribution in [0.25, 0.3) is 22.3 Å². The van der Waals surface area contributed by atoms with Crippen molar-refractivity contribution in [1.29, 1.82) is 0 Å². The van der Waals surface area contributed by atoms with Crippen molar-refractivity contribution in [2.24, 2.45) is 0 Å². The zero-order valence-corrected chi connectivity index (χ0v) is 24.4. The number of carbonyl (C=O) groups is 2. The summed E-state index contributed by atoms with van der Waals surface area (Å²) >= 11 is 0. The highest BCUT2D eigenvalue weighted by Crippen LogP contribution is 2.28. The highest BCUT2D eigenvalue weighted by Gasteiger charge is 2.38. The van der Waals surface area contributed by atoms with E-state index in [0.717, 1.165) is 54.2 Å². The van der Waals surface area contributed by atoms with Crippen LogP contribution in [0.4, 0.5) is 30.5 Å². The molecule has 0 spiro atoms. The van der Waals surface area contributed by atoms with Gasteiger partial charge in [-0.15, -0.1) is 0 Å². The summed E-state index contributed by atoms with van der Waals surface area (Å²) in [6, 6.07) is 15.6. The van der Waals surface area contributed by atoms with Crippen LogP contribution in [0.3, 0.4) is 0 Å². The van der Waals surface area contributed by atoms with Gasteiger partial charge in [-0.3, -0.25) is 9.89 Å². The molecule has 44 heavy (non-hydrogen) atoms. The maximum atomic E-state index is 12.0. The zero-order valence-electron chi connectivity index (χ0n) is 24.4. The van der Waals surface area contributed by atoms with E-state index in [1.54, 1.807) is 6.20 Å². The second-order valence-electron chi connectivity index (χ2n) is 10.4. The molecule has 2 aromatic carbocycles. The molecule has 1 saturated heterocycles. The van der Waals surface area contributed by atoms with Crippen molar-refractivity contribution in [3.05, 3.63) is 54.7 Å². The number of hydrogen-bond acceptors (Lipinski definition) is 9. The van der Waals surface area contributed by atoms with E-state index in [1.807, 2.05) is 62.4 Å². The molecule has 12 nitrogen and oxygen atoms in total. The minimum absolute atomic E-state index is 0.0485. The SMILES string of the molecule is CC(C)NC(=O)COc1cccc(-c2nc(Nc3ccc4[nH]ncc4c3)cc(N3CCN(C)CC3)n2)c1.O=C(O)C(F)(F)F. The van der Waals surface area contributed by atoms with Crippen molar-refractivity contribution in [2.75, 3.05) is 50.1 Å². The Morgan fingerprint density at radius 2 is 1.80 bits per heavy atom. The number of piperazine rings is 1. The minimum Gasteiger partial charge on any atom is -0.484 e. The molecule has 4 aromatic rings. The van der Waals surface area contributed by atoms with E-state index >= 15 is 0 Å². The summed E-state index contributed by atoms with van der Waals surface area (Å²) < 4.78 is 37.5. The summed E-state index contributed by atoms with van der Waals surface area (Å²) in [6.07, 6.45) is -3.28. The Bertz CT molecular complexity index is 1590. The van der Waals surface area contributed by atoms with Gasteiger partial charge in [0.15, 0.2) is 12.4 Å². The number of benzene rings is 2. The molecule has 0 atom stereocenters. The van der Waals surface area contributed by atoms with Gasteiger partial charge < -0.3 is 30.3 Å². The number of rotatable bonds is 8. The van der Waals surface area contributed by atoms with Gasteiger partial charge in [0.1, 0.15) is 17.4 Å². The third kappa shape index (κ3) is 9.04. The molecule has 0 saturated carbocycles. The number of fused-ring (bicyclic) bond motifs is 1. The van der Waals surface area contributed by atoms with Gasteiger partial charge in [-0.1, -0.05) is 12.1 Å². The summed E-state index contributed by atoms with van der Waals surface area (Å²) in [5, 5.41) is 21.5. The molecule has 0 unspecified atom stereocenters. The number of halogens is 3. The number of ether oxygens (including phenoxy) is 1. The van der Waals surface area contributed by atoms with Crippen molar-refractivity contribution >= 4 is 40.1 Å². The number of carbonyl (C=O) groups excluding carboxylic acids is 1. The van der Waals surface area contributed by atoms with E-state index in [0.29, 0.717) is 17.4 Å². The molecule has 1 aliphatic rings. The Kier molecular flexibility index (Phi) is 10.2. The highest BCUT2D eigenvalue weighted by atomic mass is 19.4. The highest BCUT2D eigenvalue weighted by molar-refractivity contribution is 5.83. The summed E-state index contributed by atoms with van der Waals surface area (Å²) in [5.41, 5.74) is 2.70. The molecule has 1 amide bonds. The monoisotopic (exact) mass is 614 g/mol. The molecular weight excluding hydrogens is 581 g/mol. The number of likely N-dealkylation sites (N-methyl/N-ethyl adjacent to an activating group) is 1. The maximum absolute atomic E-state index is 12.0. The number of hydrogen-bond donors (Lipinski definition) is 4. The Labute approximate surface area is 251 Å². The number of amides is 1. The van der Waals surface area contributed by atoms with Gasteiger partial charge in [-0.2, -0.15) is 18.3 Å². The molecule has 1 aliphatic heterocycles. The smallest absolute Gasteiger partial charge is 0.484 e. The fraction of sp³-hybridized carbons (Fsp3) is 0.345. The predicted molar refractivity (Wildman–Crippen MR) is 159 cm³/mol. The normalized spacial score (nSPS) is 13.8. The standard InChI is InChI=1S/C27H32N8O2.C2HF3O2/c1-18(2)29-26(36)17-37-22-6-4-5-19(14-22)27-31-24(15-25(32-27)35-11-9-34(3)10-12-35)30-21-7-8-23-20(13-21)16-28-33-23;3-2(4,5)1(6)7/h4-8,13-16,18H,9-12,17H2,1-3H3,(H,28,33)(H,29,36)(H,30,31,32);(H,6,7). The van der Waals surface area contributed by atoms with E-state index < -0.39 is 12.1 Å². The number of carboxylic acids is 1. The molecule has 5 rings (SSSR count). The van der Waals surface area contributed by atoms with E-state index in [4.69, 9.17) is 24.6 Å². The van der Waals surface area contributed by atoms with Gasteiger partial charge in [0.05, 0.1) is 11.7 Å². The average molecular weight is 615 g/mol. The van der Waals surface area contributed by atoms with Crippen LogP contribution in [0, 0.1) is 0 Å². The number of carboxylic acid groups (broad SMARTS) is 1. The Morgan fingerprint density at radius 3 is 2.48 bits per heavy atom. The number of aliphatic carboxylic acids is 1. The molecule has 234 valence electrons. The van der Waals surface area contributed by atoms with E-state index in [-0.39, 0.29) is 18.6 Å². The van der Waals surface area contributed by atoms with E-state index in [1.165, 1.54) is 0 Å². The predicted octanol–water partition coefficient (Wildman–Crippen LogP) is 4.05. The third-order valence-electron chi connectivity index (χ3n) is 6.41. The Balaban J connectivity index is 0.000000566.